The molecule has 0 bridgehead atoms. The molecule has 0 aliphatic rings. The lowest BCUT2D eigenvalue weighted by atomic mass is 10.0. The van der Waals surface area contributed by atoms with E-state index >= 15 is 0 Å². The summed E-state index contributed by atoms with van der Waals surface area (Å²) in [6.07, 6.45) is -4.46. The van der Waals surface area contributed by atoms with Gasteiger partial charge in [-0.3, -0.25) is 9.59 Å². The Morgan fingerprint density at radius 2 is 1.59 bits per heavy atom. The van der Waals surface area contributed by atoms with E-state index in [2.05, 4.69) is 10.6 Å². The maximum absolute atomic E-state index is 12.8. The second-order valence-corrected chi connectivity index (χ2v) is 6.28. The monoisotopic (exact) mass is 378 g/mol. The summed E-state index contributed by atoms with van der Waals surface area (Å²) in [6.45, 7) is 2.97. The van der Waals surface area contributed by atoms with E-state index in [-0.39, 0.29) is 18.2 Å². The second-order valence-electron chi connectivity index (χ2n) is 6.28. The van der Waals surface area contributed by atoms with Crippen molar-refractivity contribution in [2.45, 2.75) is 38.5 Å². The first-order valence-corrected chi connectivity index (χ1v) is 8.45. The van der Waals surface area contributed by atoms with Gasteiger partial charge in [-0.25, -0.2) is 0 Å². The first-order valence-electron chi connectivity index (χ1n) is 8.45. The van der Waals surface area contributed by atoms with Crippen LogP contribution in [0.25, 0.3) is 0 Å². The molecular weight excluding hydrogens is 357 g/mol. The van der Waals surface area contributed by atoms with Gasteiger partial charge in [-0.15, -0.1) is 0 Å². The average molecular weight is 378 g/mol. The number of carbonyl (C=O) groups excluding carboxylic acids is 2. The minimum atomic E-state index is -4.44. The minimum absolute atomic E-state index is 0.0209. The molecule has 2 atom stereocenters. The van der Waals surface area contributed by atoms with Crippen LogP contribution in [0.2, 0.25) is 0 Å². The van der Waals surface area contributed by atoms with Gasteiger partial charge in [0.1, 0.15) is 0 Å². The van der Waals surface area contributed by atoms with Gasteiger partial charge in [0.25, 0.3) is 0 Å². The smallest absolute Gasteiger partial charge is 0.350 e. The Morgan fingerprint density at radius 3 is 2.19 bits per heavy atom. The first-order chi connectivity index (χ1) is 12.7. The third-order valence-corrected chi connectivity index (χ3v) is 4.06. The highest BCUT2D eigenvalue weighted by molar-refractivity contribution is 5.79. The number of rotatable bonds is 6. The number of amides is 2. The molecule has 2 aromatic rings. The predicted octanol–water partition coefficient (Wildman–Crippen LogP) is 4.15. The summed E-state index contributed by atoms with van der Waals surface area (Å²) in [5, 5.41) is 5.41. The van der Waals surface area contributed by atoms with Gasteiger partial charge in [-0.05, 0) is 30.2 Å². The standard InChI is InChI=1S/C20H21F3N2O2/c1-13(16-9-6-10-17(11-16)20(21,22)23)24-19(27)12-18(25-14(2)26)15-7-4-3-5-8-15/h3-11,13,18H,12H2,1-2H3,(H,24,27)(H,25,26)/t13-,18+/m0/s1. The van der Waals surface area contributed by atoms with E-state index in [0.717, 1.165) is 17.7 Å². The van der Waals surface area contributed by atoms with Gasteiger partial charge in [-0.2, -0.15) is 13.2 Å². The van der Waals surface area contributed by atoms with Crippen molar-refractivity contribution in [3.8, 4) is 0 Å². The number of hydrogen-bond acceptors (Lipinski definition) is 2. The van der Waals surface area contributed by atoms with E-state index in [1.165, 1.54) is 19.1 Å². The Labute approximate surface area is 155 Å². The largest absolute Gasteiger partial charge is 0.416 e. The zero-order chi connectivity index (χ0) is 20.0. The van der Waals surface area contributed by atoms with Crippen LogP contribution in [0.4, 0.5) is 13.2 Å². The molecule has 0 aromatic heterocycles. The van der Waals surface area contributed by atoms with E-state index in [1.807, 2.05) is 6.07 Å². The third-order valence-electron chi connectivity index (χ3n) is 4.06. The SMILES string of the molecule is CC(=O)N[C@H](CC(=O)N[C@@H](C)c1cccc(C(F)(F)F)c1)c1ccccc1. The van der Waals surface area contributed by atoms with Crippen molar-refractivity contribution >= 4 is 11.8 Å². The Hall–Kier alpha value is -2.83. The lowest BCUT2D eigenvalue weighted by Crippen LogP contribution is -2.33. The Kier molecular flexibility index (Phi) is 6.60. The molecule has 4 nitrogen and oxygen atoms in total. The van der Waals surface area contributed by atoms with Crippen LogP contribution in [-0.2, 0) is 15.8 Å². The highest BCUT2D eigenvalue weighted by Gasteiger charge is 2.30. The number of halogens is 3. The quantitative estimate of drug-likeness (QED) is 0.793. The fourth-order valence-corrected chi connectivity index (χ4v) is 2.74. The van der Waals surface area contributed by atoms with Crippen LogP contribution in [0.1, 0.15) is 49.0 Å². The number of nitrogens with one attached hydrogen (secondary N) is 2. The average Bonchev–Trinajstić information content (AvgIpc) is 2.61. The van der Waals surface area contributed by atoms with Crippen molar-refractivity contribution in [3.63, 3.8) is 0 Å². The summed E-state index contributed by atoms with van der Waals surface area (Å²) < 4.78 is 38.5. The third kappa shape index (κ3) is 6.13. The fourth-order valence-electron chi connectivity index (χ4n) is 2.74. The molecule has 0 spiro atoms. The molecule has 0 aliphatic carbocycles. The van der Waals surface area contributed by atoms with Crippen molar-refractivity contribution in [3.05, 3.63) is 71.3 Å². The van der Waals surface area contributed by atoms with Crippen LogP contribution in [0.3, 0.4) is 0 Å². The first kappa shape index (κ1) is 20.5. The molecule has 144 valence electrons. The van der Waals surface area contributed by atoms with Crippen LogP contribution in [0.15, 0.2) is 54.6 Å². The maximum Gasteiger partial charge on any atom is 0.416 e. The molecule has 0 fully saturated rings. The summed E-state index contributed by atoms with van der Waals surface area (Å²) in [6, 6.07) is 12.7. The van der Waals surface area contributed by atoms with E-state index < -0.39 is 23.8 Å². The molecule has 2 amide bonds. The Bertz CT molecular complexity index is 791. The van der Waals surface area contributed by atoms with Crippen LogP contribution >= 0.6 is 0 Å². The molecule has 0 aliphatic heterocycles. The van der Waals surface area contributed by atoms with Gasteiger partial charge in [-0.1, -0.05) is 42.5 Å². The number of carbonyl (C=O) groups is 2. The number of benzene rings is 2. The Balaban J connectivity index is 2.08. The molecule has 2 N–H and O–H groups in total. The maximum atomic E-state index is 12.8. The molecule has 0 unspecified atom stereocenters. The van der Waals surface area contributed by atoms with Crippen molar-refractivity contribution in [2.75, 3.05) is 0 Å². The summed E-state index contributed by atoms with van der Waals surface area (Å²) in [7, 11) is 0. The molecule has 27 heavy (non-hydrogen) atoms. The second kappa shape index (κ2) is 8.70. The molecule has 2 aromatic carbocycles. The number of hydrogen-bond donors (Lipinski definition) is 2. The lowest BCUT2D eigenvalue weighted by molar-refractivity contribution is -0.137. The molecule has 0 radical (unpaired) electrons. The van der Waals surface area contributed by atoms with E-state index in [4.69, 9.17) is 0 Å². The highest BCUT2D eigenvalue weighted by atomic mass is 19.4. The van der Waals surface area contributed by atoms with Gasteiger partial charge in [0, 0.05) is 6.92 Å². The van der Waals surface area contributed by atoms with Crippen LogP contribution < -0.4 is 10.6 Å². The van der Waals surface area contributed by atoms with Crippen LogP contribution in [0, 0.1) is 0 Å². The van der Waals surface area contributed by atoms with Gasteiger partial charge in [0.2, 0.25) is 11.8 Å². The van der Waals surface area contributed by atoms with Crippen molar-refractivity contribution < 1.29 is 22.8 Å². The van der Waals surface area contributed by atoms with Gasteiger partial charge < -0.3 is 10.6 Å². The van der Waals surface area contributed by atoms with E-state index in [0.29, 0.717) is 5.56 Å². The number of alkyl halides is 3. The zero-order valence-corrected chi connectivity index (χ0v) is 15.0. The summed E-state index contributed by atoms with van der Waals surface area (Å²) in [4.78, 5) is 23.8. The topological polar surface area (TPSA) is 58.2 Å². The molecule has 0 heterocycles. The molecular formula is C20H21F3N2O2. The van der Waals surface area contributed by atoms with Crippen LogP contribution in [0.5, 0.6) is 0 Å². The zero-order valence-electron chi connectivity index (χ0n) is 15.0. The van der Waals surface area contributed by atoms with Crippen LogP contribution in [-0.4, -0.2) is 11.8 Å². The van der Waals surface area contributed by atoms with Crippen molar-refractivity contribution in [2.24, 2.45) is 0 Å². The van der Waals surface area contributed by atoms with Gasteiger partial charge in [0.15, 0.2) is 0 Å². The van der Waals surface area contributed by atoms with Gasteiger partial charge in [0.05, 0.1) is 24.1 Å². The normalized spacial score (nSPS) is 13.5. The summed E-state index contributed by atoms with van der Waals surface area (Å²) in [5.74, 6) is -0.648. The molecule has 0 saturated heterocycles. The Morgan fingerprint density at radius 1 is 0.963 bits per heavy atom. The van der Waals surface area contributed by atoms with Crippen molar-refractivity contribution in [1.29, 1.82) is 0 Å². The van der Waals surface area contributed by atoms with Gasteiger partial charge >= 0.3 is 6.18 Å². The molecule has 7 heteroatoms. The predicted molar refractivity (Wildman–Crippen MR) is 95.6 cm³/mol. The van der Waals surface area contributed by atoms with Crippen molar-refractivity contribution in [1.82, 2.24) is 10.6 Å². The highest BCUT2D eigenvalue weighted by Crippen LogP contribution is 2.30. The summed E-state index contributed by atoms with van der Waals surface area (Å²) in [5.41, 5.74) is 0.366. The van der Waals surface area contributed by atoms with E-state index in [1.54, 1.807) is 31.2 Å². The lowest BCUT2D eigenvalue weighted by Gasteiger charge is -2.20. The minimum Gasteiger partial charge on any atom is -0.350 e. The fraction of sp³-hybridized carbons (Fsp3) is 0.300. The molecule has 2 rings (SSSR count). The van der Waals surface area contributed by atoms with E-state index in [9.17, 15) is 22.8 Å². The molecule has 0 saturated carbocycles. The summed E-state index contributed by atoms with van der Waals surface area (Å²) >= 11 is 0.